The molecule has 1 aliphatic rings. The number of benzene rings is 6. The maximum Gasteiger partial charge on any atom is 0.139 e. The van der Waals surface area contributed by atoms with E-state index in [9.17, 15) is 0 Å². The zero-order chi connectivity index (χ0) is 46.0. The highest BCUT2D eigenvalue weighted by molar-refractivity contribution is 7.26. The molecule has 6 aromatic carbocycles. The fourth-order valence-corrected chi connectivity index (χ4v) is 7.64. The standard InChI is InChI=1S/C43H36OS/c1-25-21-23-29(27(3)39(25)33-15-12-18-36-41(33)44-37-19-9-8-17-35(37)43(36,5)6)30-24-22-26(2)40(28(30)4)34-16-11-14-32-31-13-7-10-20-38(31)45-42(32)34/h7-24H,1-6H3/i1D3,2D3,3D3,4D3,5D3,6D3. The van der Waals surface area contributed by atoms with Gasteiger partial charge in [-0.3, -0.25) is 0 Å². The van der Waals surface area contributed by atoms with Crippen LogP contribution in [0.15, 0.2) is 109 Å². The maximum atomic E-state index is 9.04. The molecular weight excluding hydrogens is 565 g/mol. The first-order chi connectivity index (χ1) is 29.1. The van der Waals surface area contributed by atoms with Gasteiger partial charge in [0.1, 0.15) is 11.5 Å². The molecular formula is C43H36OS. The smallest absolute Gasteiger partial charge is 0.139 e. The molecule has 1 nitrogen and oxygen atoms in total. The van der Waals surface area contributed by atoms with Crippen molar-refractivity contribution in [3.05, 3.63) is 143 Å². The molecule has 0 atom stereocenters. The summed E-state index contributed by atoms with van der Waals surface area (Å²) in [6.45, 7) is -18.9. The van der Waals surface area contributed by atoms with Crippen molar-refractivity contribution in [2.45, 2.75) is 46.5 Å². The molecule has 2 heteroatoms. The van der Waals surface area contributed by atoms with Crippen LogP contribution in [0.3, 0.4) is 0 Å². The minimum absolute atomic E-state index is 0.167. The highest BCUT2D eigenvalue weighted by atomic mass is 32.1. The second kappa shape index (κ2) is 10.2. The van der Waals surface area contributed by atoms with Crippen molar-refractivity contribution in [3.8, 4) is 44.9 Å². The zero-order valence-corrected chi connectivity index (χ0v) is 24.5. The van der Waals surface area contributed by atoms with Crippen molar-refractivity contribution in [3.63, 3.8) is 0 Å². The van der Waals surface area contributed by atoms with Crippen LogP contribution in [0.2, 0.25) is 0 Å². The molecule has 0 amide bonds. The summed E-state index contributed by atoms with van der Waals surface area (Å²) in [5.41, 5.74) is -6.48. The quantitative estimate of drug-likeness (QED) is 0.191. The molecule has 0 radical (unpaired) electrons. The van der Waals surface area contributed by atoms with E-state index < -0.39 is 74.5 Å². The number of rotatable bonds is 3. The van der Waals surface area contributed by atoms with Crippen LogP contribution in [0.25, 0.3) is 53.6 Å². The van der Waals surface area contributed by atoms with Gasteiger partial charge < -0.3 is 4.74 Å². The third-order valence-corrected chi connectivity index (χ3v) is 9.79. The van der Waals surface area contributed by atoms with Gasteiger partial charge in [-0.25, -0.2) is 0 Å². The molecule has 2 heterocycles. The minimum Gasteiger partial charge on any atom is -0.456 e. The van der Waals surface area contributed by atoms with Crippen LogP contribution in [-0.4, -0.2) is 0 Å². The van der Waals surface area contributed by atoms with Crippen LogP contribution in [0, 0.1) is 27.4 Å². The predicted octanol–water partition coefficient (Wildman–Crippen LogP) is 12.7. The van der Waals surface area contributed by atoms with Gasteiger partial charge in [-0.2, -0.15) is 0 Å². The highest BCUT2D eigenvalue weighted by Gasteiger charge is 2.35. The summed E-state index contributed by atoms with van der Waals surface area (Å²) < 4.78 is 166. The van der Waals surface area contributed by atoms with Gasteiger partial charge in [0.05, 0.1) is 0 Å². The molecule has 0 fully saturated rings. The number of fused-ring (bicyclic) bond motifs is 5. The van der Waals surface area contributed by atoms with Crippen molar-refractivity contribution in [1.82, 2.24) is 0 Å². The van der Waals surface area contributed by atoms with E-state index in [0.717, 1.165) is 21.5 Å². The summed E-state index contributed by atoms with van der Waals surface area (Å²) in [5.74, 6) is -0.584. The second-order valence-corrected chi connectivity index (χ2v) is 12.2. The van der Waals surface area contributed by atoms with Crippen LogP contribution in [0.4, 0.5) is 0 Å². The zero-order valence-electron chi connectivity index (χ0n) is 41.7. The van der Waals surface area contributed by atoms with Crippen molar-refractivity contribution in [2.24, 2.45) is 0 Å². The van der Waals surface area contributed by atoms with Crippen LogP contribution < -0.4 is 4.74 Å². The Morgan fingerprint density at radius 3 is 1.96 bits per heavy atom. The fourth-order valence-electron chi connectivity index (χ4n) is 6.42. The number of hydrogen-bond acceptors (Lipinski definition) is 2. The van der Waals surface area contributed by atoms with E-state index >= 15 is 0 Å². The number of hydrogen-bond donors (Lipinski definition) is 0. The predicted molar refractivity (Wildman–Crippen MR) is 193 cm³/mol. The number of ether oxygens (including phenoxy) is 1. The van der Waals surface area contributed by atoms with Crippen molar-refractivity contribution < 1.29 is 29.4 Å². The summed E-state index contributed by atoms with van der Waals surface area (Å²) in [7, 11) is 0. The van der Waals surface area contributed by atoms with Gasteiger partial charge in [0.15, 0.2) is 0 Å². The lowest BCUT2D eigenvalue weighted by molar-refractivity contribution is 0.419. The molecule has 220 valence electrons. The van der Waals surface area contributed by atoms with Gasteiger partial charge in [0.25, 0.3) is 0 Å². The van der Waals surface area contributed by atoms with Gasteiger partial charge >= 0.3 is 0 Å². The second-order valence-electron chi connectivity index (χ2n) is 11.1. The van der Waals surface area contributed by atoms with Gasteiger partial charge in [-0.15, -0.1) is 11.3 Å². The molecule has 1 aromatic heterocycles. The number of para-hydroxylation sites is 2. The van der Waals surface area contributed by atoms with E-state index in [1.54, 1.807) is 12.1 Å². The van der Waals surface area contributed by atoms with E-state index in [1.165, 1.54) is 72.0 Å². The Kier molecular flexibility index (Phi) is 3.31. The minimum atomic E-state index is -3.28. The lowest BCUT2D eigenvalue weighted by Crippen LogP contribution is -2.24. The fraction of sp³-hybridized carbons (Fsp3) is 0.163. The summed E-state index contributed by atoms with van der Waals surface area (Å²) in [4.78, 5) is 0. The molecule has 8 rings (SSSR count). The molecule has 0 spiro atoms. The Labute approximate surface area is 295 Å². The molecule has 0 saturated carbocycles. The van der Waals surface area contributed by atoms with E-state index in [2.05, 4.69) is 0 Å². The molecule has 0 N–H and O–H groups in total. The van der Waals surface area contributed by atoms with E-state index in [4.69, 9.17) is 29.4 Å². The van der Waals surface area contributed by atoms with Gasteiger partial charge in [0.2, 0.25) is 0 Å². The SMILES string of the molecule is [2H]C([2H])([2H])c1ccc(-c2ccc(C([2H])([2H])[2H])c(-c3cccc4c3sc3ccccc34)c2C([2H])([2H])[2H])c(C([2H])([2H])[2H])c1-c1cccc2c1Oc1ccccc1C2(C([2H])([2H])[2H])C([2H])([2H])[2H]. The summed E-state index contributed by atoms with van der Waals surface area (Å²) in [6.07, 6.45) is 0. The summed E-state index contributed by atoms with van der Waals surface area (Å²) in [6, 6.07) is 26.8. The summed E-state index contributed by atoms with van der Waals surface area (Å²) >= 11 is 1.33. The molecule has 0 aliphatic carbocycles. The number of thiophene rings is 1. The molecule has 0 bridgehead atoms. The average molecular weight is 619 g/mol. The largest absolute Gasteiger partial charge is 0.456 e. The molecule has 1 aliphatic heterocycles. The van der Waals surface area contributed by atoms with Crippen molar-refractivity contribution >= 4 is 31.5 Å². The van der Waals surface area contributed by atoms with Crippen LogP contribution >= 0.6 is 11.3 Å². The summed E-state index contributed by atoms with van der Waals surface area (Å²) in [5, 5.41) is 1.59. The first-order valence-corrected chi connectivity index (χ1v) is 15.1. The van der Waals surface area contributed by atoms with Crippen molar-refractivity contribution in [2.75, 3.05) is 0 Å². The molecule has 0 unspecified atom stereocenters. The lowest BCUT2D eigenvalue weighted by Gasteiger charge is -2.35. The first kappa shape index (κ1) is 14.6. The van der Waals surface area contributed by atoms with Gasteiger partial charge in [0, 0.05) is 72.5 Å². The number of aryl methyl sites for hydroxylation is 2. The van der Waals surface area contributed by atoms with Crippen LogP contribution in [0.5, 0.6) is 11.5 Å². The maximum absolute atomic E-state index is 9.04. The Hall–Kier alpha value is -4.66. The molecule has 45 heavy (non-hydrogen) atoms. The third-order valence-electron chi connectivity index (χ3n) is 8.57. The highest BCUT2D eigenvalue weighted by Crippen LogP contribution is 2.52. The third kappa shape index (κ3) is 4.12. The topological polar surface area (TPSA) is 9.23 Å². The monoisotopic (exact) mass is 618 g/mol. The van der Waals surface area contributed by atoms with Crippen LogP contribution in [0.1, 0.15) is 71.8 Å². The molecule has 0 saturated heterocycles. The lowest BCUT2D eigenvalue weighted by atomic mass is 9.74. The Morgan fingerprint density at radius 1 is 0.556 bits per heavy atom. The Morgan fingerprint density at radius 2 is 1.20 bits per heavy atom. The van der Waals surface area contributed by atoms with Crippen molar-refractivity contribution in [1.29, 1.82) is 0 Å². The van der Waals surface area contributed by atoms with E-state index in [0.29, 0.717) is 4.70 Å². The van der Waals surface area contributed by atoms with Gasteiger partial charge in [-0.1, -0.05) is 111 Å². The van der Waals surface area contributed by atoms with E-state index in [-0.39, 0.29) is 50.3 Å². The van der Waals surface area contributed by atoms with Crippen LogP contribution in [-0.2, 0) is 5.41 Å². The Balaban J connectivity index is 1.55. The molecule has 7 aromatic rings. The first-order valence-electron chi connectivity index (χ1n) is 23.3. The van der Waals surface area contributed by atoms with Gasteiger partial charge in [-0.05, 0) is 84.0 Å². The Bertz CT molecular complexity index is 2950. The normalized spacial score (nSPS) is 21.1. The van der Waals surface area contributed by atoms with E-state index in [1.807, 2.05) is 30.3 Å². The average Bonchev–Trinajstić information content (AvgIpc) is 3.55.